The molecule has 4 aromatic rings. The average molecular weight is 422 g/mol. The summed E-state index contributed by atoms with van der Waals surface area (Å²) in [4.78, 5) is 27.8. The Labute approximate surface area is 182 Å². The van der Waals surface area contributed by atoms with Crippen molar-refractivity contribution < 1.29 is 4.74 Å². The molecule has 0 aliphatic carbocycles. The first-order valence-electron chi connectivity index (χ1n) is 11.4. The first kappa shape index (κ1) is 21.4. The predicted octanol–water partition coefficient (Wildman–Crippen LogP) is 4.69. The molecule has 0 fully saturated rings. The molecule has 3 heterocycles. The summed E-state index contributed by atoms with van der Waals surface area (Å²) >= 11 is 0. The molecule has 164 valence electrons. The van der Waals surface area contributed by atoms with Gasteiger partial charge in [0.1, 0.15) is 10.9 Å². The lowest BCUT2D eigenvalue weighted by Gasteiger charge is -2.09. The quantitative estimate of drug-likeness (QED) is 0.347. The van der Waals surface area contributed by atoms with E-state index < -0.39 is 0 Å². The smallest absolute Gasteiger partial charge is 0.265 e. The molecule has 0 aliphatic rings. The minimum absolute atomic E-state index is 0.0340. The molecule has 3 aromatic heterocycles. The number of benzene rings is 1. The third kappa shape index (κ3) is 4.46. The lowest BCUT2D eigenvalue weighted by molar-refractivity contribution is 0.0751. The molecule has 0 bridgehead atoms. The molecule has 0 radical (unpaired) electrons. The summed E-state index contributed by atoms with van der Waals surface area (Å²) in [5.41, 5.74) is 3.58. The number of rotatable bonds is 10. The molecule has 0 unspecified atom stereocenters. The van der Waals surface area contributed by atoms with E-state index in [-0.39, 0.29) is 11.7 Å². The Kier molecular flexibility index (Phi) is 6.61. The number of para-hydroxylation sites is 2. The van der Waals surface area contributed by atoms with Crippen molar-refractivity contribution in [2.75, 3.05) is 6.61 Å². The van der Waals surface area contributed by atoms with Gasteiger partial charge in [0.25, 0.3) is 5.56 Å². The lowest BCUT2D eigenvalue weighted by Crippen LogP contribution is -2.21. The third-order valence-corrected chi connectivity index (χ3v) is 5.55. The summed E-state index contributed by atoms with van der Waals surface area (Å²) in [6, 6.07) is 7.77. The van der Waals surface area contributed by atoms with Crippen molar-refractivity contribution >= 4 is 33.2 Å². The summed E-state index contributed by atoms with van der Waals surface area (Å²) in [6.07, 6.45) is 7.12. The van der Waals surface area contributed by atoms with Crippen molar-refractivity contribution in [1.82, 2.24) is 24.1 Å². The summed E-state index contributed by atoms with van der Waals surface area (Å²) in [5.74, 6) is 0. The van der Waals surface area contributed by atoms with Crippen molar-refractivity contribution in [2.45, 2.75) is 72.1 Å². The van der Waals surface area contributed by atoms with Gasteiger partial charge in [-0.1, -0.05) is 38.3 Å². The Hall–Kier alpha value is -2.80. The van der Waals surface area contributed by atoms with Crippen LogP contribution in [0.15, 0.2) is 35.4 Å². The highest BCUT2D eigenvalue weighted by Crippen LogP contribution is 2.25. The Balaban J connectivity index is 1.80. The van der Waals surface area contributed by atoms with E-state index in [2.05, 4.69) is 11.9 Å². The normalized spacial score (nSPS) is 12.0. The van der Waals surface area contributed by atoms with Gasteiger partial charge in [0.15, 0.2) is 11.3 Å². The van der Waals surface area contributed by atoms with E-state index in [9.17, 15) is 4.79 Å². The van der Waals surface area contributed by atoms with Crippen molar-refractivity contribution in [3.8, 4) is 0 Å². The Morgan fingerprint density at radius 3 is 2.48 bits per heavy atom. The van der Waals surface area contributed by atoms with Crippen molar-refractivity contribution in [3.05, 3.63) is 40.9 Å². The SMILES string of the molecule is CCCCCCn1cnc2c(c1=O)c1nc3ccccc3nc1n2CCCOC(C)C. The molecule has 0 saturated heterocycles. The van der Waals surface area contributed by atoms with Crippen LogP contribution >= 0.6 is 0 Å². The van der Waals surface area contributed by atoms with Crippen molar-refractivity contribution in [2.24, 2.45) is 0 Å². The first-order chi connectivity index (χ1) is 15.1. The van der Waals surface area contributed by atoms with E-state index in [0.717, 1.165) is 30.3 Å². The van der Waals surface area contributed by atoms with Gasteiger partial charge in [0.05, 0.1) is 23.5 Å². The summed E-state index contributed by atoms with van der Waals surface area (Å²) in [7, 11) is 0. The zero-order valence-electron chi connectivity index (χ0n) is 18.7. The molecular weight excluding hydrogens is 390 g/mol. The highest BCUT2D eigenvalue weighted by Gasteiger charge is 2.19. The second-order valence-corrected chi connectivity index (χ2v) is 8.31. The average Bonchev–Trinajstić information content (AvgIpc) is 3.07. The van der Waals surface area contributed by atoms with Gasteiger partial charge in [0, 0.05) is 19.7 Å². The van der Waals surface area contributed by atoms with Gasteiger partial charge in [-0.25, -0.2) is 15.0 Å². The predicted molar refractivity (Wildman–Crippen MR) is 124 cm³/mol. The van der Waals surface area contributed by atoms with E-state index in [4.69, 9.17) is 14.7 Å². The fourth-order valence-electron chi connectivity index (χ4n) is 3.96. The van der Waals surface area contributed by atoms with Gasteiger partial charge < -0.3 is 9.30 Å². The number of hydrogen-bond donors (Lipinski definition) is 0. The molecule has 31 heavy (non-hydrogen) atoms. The molecule has 0 spiro atoms. The third-order valence-electron chi connectivity index (χ3n) is 5.55. The zero-order valence-corrected chi connectivity index (χ0v) is 18.7. The van der Waals surface area contributed by atoms with Gasteiger partial charge in [-0.05, 0) is 38.8 Å². The number of nitrogens with zero attached hydrogens (tertiary/aromatic N) is 5. The topological polar surface area (TPSA) is 74.8 Å². The Morgan fingerprint density at radius 2 is 1.74 bits per heavy atom. The highest BCUT2D eigenvalue weighted by atomic mass is 16.5. The minimum Gasteiger partial charge on any atom is -0.379 e. The molecule has 4 rings (SSSR count). The van der Waals surface area contributed by atoms with E-state index in [0.29, 0.717) is 41.9 Å². The molecular formula is C24H31N5O2. The molecule has 7 heteroatoms. The number of unbranched alkanes of at least 4 members (excludes halogenated alkanes) is 3. The second kappa shape index (κ2) is 9.56. The molecule has 0 saturated carbocycles. The number of aromatic nitrogens is 5. The number of ether oxygens (including phenoxy) is 1. The van der Waals surface area contributed by atoms with Crippen LogP contribution in [0.4, 0.5) is 0 Å². The fourth-order valence-corrected chi connectivity index (χ4v) is 3.96. The fraction of sp³-hybridized carbons (Fsp3) is 0.500. The monoisotopic (exact) mass is 421 g/mol. The Bertz CT molecular complexity index is 1240. The summed E-state index contributed by atoms with van der Waals surface area (Å²) in [6.45, 7) is 8.24. The number of fused-ring (bicyclic) bond motifs is 4. The maximum absolute atomic E-state index is 13.4. The maximum atomic E-state index is 13.4. The van der Waals surface area contributed by atoms with Crippen molar-refractivity contribution in [3.63, 3.8) is 0 Å². The number of hydrogen-bond acceptors (Lipinski definition) is 5. The highest BCUT2D eigenvalue weighted by molar-refractivity contribution is 6.04. The van der Waals surface area contributed by atoms with Gasteiger partial charge in [-0.15, -0.1) is 0 Å². The van der Waals surface area contributed by atoms with Crippen LogP contribution in [0.2, 0.25) is 0 Å². The van der Waals surface area contributed by atoms with Gasteiger partial charge in [0.2, 0.25) is 0 Å². The standard InChI is InChI=1S/C24H31N5O2/c1-4-5-6-9-13-28-16-25-22-20(24(28)30)21-23(29(22)14-10-15-31-17(2)3)27-19-12-8-7-11-18(19)26-21/h7-8,11-12,16-17H,4-6,9-10,13-15H2,1-3H3. The van der Waals surface area contributed by atoms with Crippen LogP contribution in [0, 0.1) is 0 Å². The van der Waals surface area contributed by atoms with Crippen LogP contribution in [-0.2, 0) is 17.8 Å². The zero-order chi connectivity index (χ0) is 21.8. The van der Waals surface area contributed by atoms with Crippen LogP contribution in [0.5, 0.6) is 0 Å². The summed E-state index contributed by atoms with van der Waals surface area (Å²) < 4.78 is 9.45. The van der Waals surface area contributed by atoms with Gasteiger partial charge >= 0.3 is 0 Å². The van der Waals surface area contributed by atoms with Crippen LogP contribution < -0.4 is 5.56 Å². The Morgan fingerprint density at radius 1 is 0.968 bits per heavy atom. The van der Waals surface area contributed by atoms with E-state index in [1.807, 2.05) is 42.7 Å². The van der Waals surface area contributed by atoms with E-state index in [1.165, 1.54) is 12.8 Å². The van der Waals surface area contributed by atoms with E-state index in [1.54, 1.807) is 10.9 Å². The molecule has 0 atom stereocenters. The second-order valence-electron chi connectivity index (χ2n) is 8.31. The lowest BCUT2D eigenvalue weighted by atomic mass is 10.2. The molecule has 0 amide bonds. The number of aryl methyl sites for hydroxylation is 2. The van der Waals surface area contributed by atoms with Crippen molar-refractivity contribution in [1.29, 1.82) is 0 Å². The van der Waals surface area contributed by atoms with E-state index >= 15 is 0 Å². The maximum Gasteiger partial charge on any atom is 0.265 e. The van der Waals surface area contributed by atoms with Gasteiger partial charge in [-0.2, -0.15) is 0 Å². The van der Waals surface area contributed by atoms with Crippen LogP contribution in [0.25, 0.3) is 33.2 Å². The molecule has 0 aliphatic heterocycles. The minimum atomic E-state index is -0.0340. The van der Waals surface area contributed by atoms with Crippen LogP contribution in [-0.4, -0.2) is 36.8 Å². The molecule has 0 N–H and O–H groups in total. The largest absolute Gasteiger partial charge is 0.379 e. The van der Waals surface area contributed by atoms with Crippen LogP contribution in [0.1, 0.15) is 52.9 Å². The molecule has 7 nitrogen and oxygen atoms in total. The first-order valence-corrected chi connectivity index (χ1v) is 11.4. The van der Waals surface area contributed by atoms with Crippen LogP contribution in [0.3, 0.4) is 0 Å². The van der Waals surface area contributed by atoms with Gasteiger partial charge in [-0.3, -0.25) is 9.36 Å². The summed E-state index contributed by atoms with van der Waals surface area (Å²) in [5, 5.41) is 0.566. The molecule has 1 aromatic carbocycles.